The van der Waals surface area contributed by atoms with Crippen LogP contribution in [-0.4, -0.2) is 17.2 Å². The van der Waals surface area contributed by atoms with E-state index in [1.54, 1.807) is 37.7 Å². The molecule has 1 atom stereocenters. The summed E-state index contributed by atoms with van der Waals surface area (Å²) >= 11 is 5.96. The molecule has 2 rings (SSSR count). The van der Waals surface area contributed by atoms with Crippen molar-refractivity contribution in [1.29, 1.82) is 0 Å². The van der Waals surface area contributed by atoms with Gasteiger partial charge in [-0.3, -0.25) is 4.98 Å². The van der Waals surface area contributed by atoms with E-state index in [2.05, 4.69) is 4.98 Å². The normalized spacial score (nSPS) is 12.2. The topological polar surface area (TPSA) is 42.4 Å². The van der Waals surface area contributed by atoms with E-state index < -0.39 is 6.10 Å². The second-order valence-corrected chi connectivity index (χ2v) is 4.50. The number of benzene rings is 1. The predicted octanol–water partition coefficient (Wildman–Crippen LogP) is 3.13. The molecule has 0 bridgehead atoms. The van der Waals surface area contributed by atoms with Gasteiger partial charge in [0.1, 0.15) is 11.9 Å². The Balaban J connectivity index is 2.40. The van der Waals surface area contributed by atoms with E-state index in [1.165, 1.54) is 0 Å². The van der Waals surface area contributed by atoms with Crippen LogP contribution in [-0.2, 0) is 0 Å². The van der Waals surface area contributed by atoms with Crippen LogP contribution in [0.2, 0.25) is 5.02 Å². The Hall–Kier alpha value is -1.58. The number of aryl methyl sites for hydroxylation is 1. The zero-order valence-corrected chi connectivity index (χ0v) is 11.0. The van der Waals surface area contributed by atoms with Crippen molar-refractivity contribution in [3.05, 3.63) is 58.4 Å². The van der Waals surface area contributed by atoms with Crippen LogP contribution in [0, 0.1) is 6.92 Å². The first-order chi connectivity index (χ1) is 8.61. The maximum absolute atomic E-state index is 10.4. The number of aliphatic hydroxyl groups excluding tert-OH is 1. The van der Waals surface area contributed by atoms with Crippen molar-refractivity contribution >= 4 is 11.6 Å². The average molecular weight is 264 g/mol. The Morgan fingerprint density at radius 3 is 2.78 bits per heavy atom. The molecule has 1 aromatic carbocycles. The van der Waals surface area contributed by atoms with E-state index in [0.29, 0.717) is 16.3 Å². The van der Waals surface area contributed by atoms with Crippen molar-refractivity contribution < 1.29 is 9.84 Å². The molecule has 2 aromatic rings. The fraction of sp³-hybridized carbons (Fsp3) is 0.214. The van der Waals surface area contributed by atoms with Gasteiger partial charge >= 0.3 is 0 Å². The molecule has 4 heteroatoms. The fourth-order valence-electron chi connectivity index (χ4n) is 1.78. The lowest BCUT2D eigenvalue weighted by Gasteiger charge is -2.14. The highest BCUT2D eigenvalue weighted by Gasteiger charge is 2.14. The quantitative estimate of drug-likeness (QED) is 0.925. The van der Waals surface area contributed by atoms with Crippen LogP contribution in [0.3, 0.4) is 0 Å². The summed E-state index contributed by atoms with van der Waals surface area (Å²) in [7, 11) is 1.57. The molecule has 0 saturated heterocycles. The van der Waals surface area contributed by atoms with Crippen LogP contribution in [0.4, 0.5) is 0 Å². The van der Waals surface area contributed by atoms with Gasteiger partial charge < -0.3 is 9.84 Å². The molecule has 0 fully saturated rings. The third-order valence-electron chi connectivity index (χ3n) is 2.82. The molecule has 94 valence electrons. The van der Waals surface area contributed by atoms with Crippen molar-refractivity contribution in [3.63, 3.8) is 0 Å². The molecule has 1 N–H and O–H groups in total. The van der Waals surface area contributed by atoms with Crippen molar-refractivity contribution in [2.75, 3.05) is 7.11 Å². The van der Waals surface area contributed by atoms with Gasteiger partial charge in [0, 0.05) is 16.8 Å². The first-order valence-corrected chi connectivity index (χ1v) is 5.92. The minimum Gasteiger partial charge on any atom is -0.495 e. The third-order valence-corrected chi connectivity index (χ3v) is 3.06. The number of halogens is 1. The molecule has 1 aromatic heterocycles. The molecule has 0 aliphatic heterocycles. The SMILES string of the molecule is COc1cncc(C(O)c2cc(Cl)ccc2C)c1. The molecule has 0 aliphatic carbocycles. The summed E-state index contributed by atoms with van der Waals surface area (Å²) in [6, 6.07) is 7.21. The number of pyridine rings is 1. The van der Waals surface area contributed by atoms with Crippen molar-refractivity contribution in [2.24, 2.45) is 0 Å². The molecule has 18 heavy (non-hydrogen) atoms. The van der Waals surface area contributed by atoms with E-state index in [4.69, 9.17) is 16.3 Å². The molecular weight excluding hydrogens is 250 g/mol. The van der Waals surface area contributed by atoms with Crippen LogP contribution in [0.5, 0.6) is 5.75 Å². The zero-order valence-electron chi connectivity index (χ0n) is 10.2. The number of hydrogen-bond donors (Lipinski definition) is 1. The fourth-order valence-corrected chi connectivity index (χ4v) is 1.96. The lowest BCUT2D eigenvalue weighted by Crippen LogP contribution is -2.03. The first kappa shape index (κ1) is 12.9. The van der Waals surface area contributed by atoms with Crippen LogP contribution in [0.1, 0.15) is 22.8 Å². The summed E-state index contributed by atoms with van der Waals surface area (Å²) < 4.78 is 5.10. The van der Waals surface area contributed by atoms with Gasteiger partial charge in [-0.05, 0) is 36.2 Å². The second kappa shape index (κ2) is 5.38. The van der Waals surface area contributed by atoms with Gasteiger partial charge in [0.25, 0.3) is 0 Å². The third kappa shape index (κ3) is 2.63. The number of hydrogen-bond acceptors (Lipinski definition) is 3. The van der Waals surface area contributed by atoms with E-state index in [0.717, 1.165) is 11.1 Å². The molecule has 0 saturated carbocycles. The van der Waals surface area contributed by atoms with Crippen LogP contribution >= 0.6 is 11.6 Å². The van der Waals surface area contributed by atoms with Gasteiger partial charge in [-0.15, -0.1) is 0 Å². The summed E-state index contributed by atoms with van der Waals surface area (Å²) in [4.78, 5) is 4.04. The highest BCUT2D eigenvalue weighted by atomic mass is 35.5. The maximum atomic E-state index is 10.4. The van der Waals surface area contributed by atoms with Crippen LogP contribution in [0.25, 0.3) is 0 Å². The minimum absolute atomic E-state index is 0.602. The largest absolute Gasteiger partial charge is 0.495 e. The van der Waals surface area contributed by atoms with E-state index >= 15 is 0 Å². The van der Waals surface area contributed by atoms with Crippen LogP contribution in [0.15, 0.2) is 36.7 Å². The monoisotopic (exact) mass is 263 g/mol. The smallest absolute Gasteiger partial charge is 0.137 e. The minimum atomic E-state index is -0.758. The molecule has 0 radical (unpaired) electrons. The van der Waals surface area contributed by atoms with Crippen molar-refractivity contribution in [1.82, 2.24) is 4.98 Å². The molecule has 0 amide bonds. The number of nitrogens with zero attached hydrogens (tertiary/aromatic N) is 1. The Morgan fingerprint density at radius 2 is 2.06 bits per heavy atom. The Kier molecular flexibility index (Phi) is 3.84. The van der Waals surface area contributed by atoms with Crippen molar-refractivity contribution in [2.45, 2.75) is 13.0 Å². The Bertz CT molecular complexity index is 557. The van der Waals surface area contributed by atoms with Crippen LogP contribution < -0.4 is 4.74 Å². The zero-order chi connectivity index (χ0) is 13.1. The molecular formula is C14H14ClNO2. The maximum Gasteiger partial charge on any atom is 0.137 e. The van der Waals surface area contributed by atoms with Gasteiger partial charge in [0.05, 0.1) is 13.3 Å². The number of rotatable bonds is 3. The molecule has 1 heterocycles. The predicted molar refractivity (Wildman–Crippen MR) is 71.0 cm³/mol. The Morgan fingerprint density at radius 1 is 1.28 bits per heavy atom. The molecule has 0 aliphatic rings. The second-order valence-electron chi connectivity index (χ2n) is 4.06. The van der Waals surface area contributed by atoms with Gasteiger partial charge in [-0.1, -0.05) is 17.7 Å². The summed E-state index contributed by atoms with van der Waals surface area (Å²) in [6.07, 6.45) is 2.46. The standard InChI is InChI=1S/C14H14ClNO2/c1-9-3-4-11(15)6-13(9)14(17)10-5-12(18-2)8-16-7-10/h3-8,14,17H,1-2H3. The summed E-state index contributed by atoms with van der Waals surface area (Å²) in [5, 5.41) is 11.0. The van der Waals surface area contributed by atoms with Gasteiger partial charge in [0.2, 0.25) is 0 Å². The first-order valence-electron chi connectivity index (χ1n) is 5.55. The Labute approximate surface area is 111 Å². The average Bonchev–Trinajstić information content (AvgIpc) is 2.41. The molecule has 1 unspecified atom stereocenters. The van der Waals surface area contributed by atoms with Gasteiger partial charge in [0.15, 0.2) is 0 Å². The number of aromatic nitrogens is 1. The van der Waals surface area contributed by atoms with E-state index in [-0.39, 0.29) is 0 Å². The number of methoxy groups -OCH3 is 1. The van der Waals surface area contributed by atoms with E-state index in [1.807, 2.05) is 13.0 Å². The molecule has 0 spiro atoms. The highest BCUT2D eigenvalue weighted by molar-refractivity contribution is 6.30. The lowest BCUT2D eigenvalue weighted by molar-refractivity contribution is 0.218. The number of ether oxygens (including phenoxy) is 1. The number of aliphatic hydroxyl groups is 1. The summed E-state index contributed by atoms with van der Waals surface area (Å²) in [6.45, 7) is 1.93. The van der Waals surface area contributed by atoms with E-state index in [9.17, 15) is 5.11 Å². The summed E-state index contributed by atoms with van der Waals surface area (Å²) in [5.41, 5.74) is 2.44. The van der Waals surface area contributed by atoms with Gasteiger partial charge in [-0.25, -0.2) is 0 Å². The molecule has 3 nitrogen and oxygen atoms in total. The lowest BCUT2D eigenvalue weighted by atomic mass is 9.99. The summed E-state index contributed by atoms with van der Waals surface area (Å²) in [5.74, 6) is 0.617. The van der Waals surface area contributed by atoms with Crippen molar-refractivity contribution in [3.8, 4) is 5.75 Å². The highest BCUT2D eigenvalue weighted by Crippen LogP contribution is 2.28. The van der Waals surface area contributed by atoms with Gasteiger partial charge in [-0.2, -0.15) is 0 Å².